The third-order valence-corrected chi connectivity index (χ3v) is 6.79. The molecule has 12 heteroatoms. The summed E-state index contributed by atoms with van der Waals surface area (Å²) in [5.74, 6) is -4.72. The number of allylic oxidation sites excluding steroid dienone is 2. The first-order valence-electron chi connectivity index (χ1n) is 13.9. The van der Waals surface area contributed by atoms with Crippen LogP contribution in [0.1, 0.15) is 32.3 Å². The second-order valence-electron chi connectivity index (χ2n) is 10.4. The van der Waals surface area contributed by atoms with Crippen LogP contribution in [0.15, 0.2) is 81.1 Å². The number of carbonyl (C=O) groups excluding carboxylic acids is 1. The standard InChI is InChI=1S/C34H32O12/c1-18(10-11-44-29(41)9-7-20-6-8-23(36)24(37)12-20)4-3-5-19(2)17-45-34-32(43)30-25(38)15-22(35)16-28(30)46-33(34)21-13-26(39)31(42)27(40)14-21/h5-10,12-16,35-40,42H,3-4,11,17H2,1-2H3/b9-7+,18-10+,19-5+. The summed E-state index contributed by atoms with van der Waals surface area (Å²) in [4.78, 5) is 25.4. The molecule has 1 aromatic heterocycles. The second-order valence-corrected chi connectivity index (χ2v) is 10.4. The average molecular weight is 633 g/mol. The smallest absolute Gasteiger partial charge is 0.331 e. The van der Waals surface area contributed by atoms with Crippen LogP contribution >= 0.6 is 0 Å². The molecule has 7 N–H and O–H groups in total. The van der Waals surface area contributed by atoms with Gasteiger partial charge in [0.1, 0.15) is 35.7 Å². The Morgan fingerprint density at radius 1 is 0.826 bits per heavy atom. The van der Waals surface area contributed by atoms with Gasteiger partial charge in [-0.2, -0.15) is 0 Å². The van der Waals surface area contributed by atoms with Crippen LogP contribution in [0, 0.1) is 0 Å². The van der Waals surface area contributed by atoms with E-state index in [4.69, 9.17) is 13.9 Å². The Morgan fingerprint density at radius 2 is 1.54 bits per heavy atom. The minimum atomic E-state index is -0.768. The number of esters is 1. The maximum absolute atomic E-state index is 13.4. The minimum Gasteiger partial charge on any atom is -0.508 e. The Kier molecular flexibility index (Phi) is 10.1. The van der Waals surface area contributed by atoms with Crippen molar-refractivity contribution in [3.8, 4) is 57.3 Å². The molecule has 0 bridgehead atoms. The predicted molar refractivity (Wildman–Crippen MR) is 168 cm³/mol. The zero-order chi connectivity index (χ0) is 33.5. The first kappa shape index (κ1) is 32.9. The maximum Gasteiger partial charge on any atom is 0.331 e. The fourth-order valence-electron chi connectivity index (χ4n) is 4.34. The third-order valence-electron chi connectivity index (χ3n) is 6.79. The van der Waals surface area contributed by atoms with E-state index < -0.39 is 34.4 Å². The summed E-state index contributed by atoms with van der Waals surface area (Å²) in [6.45, 7) is 3.64. The van der Waals surface area contributed by atoms with Crippen molar-refractivity contribution in [2.45, 2.75) is 26.7 Å². The van der Waals surface area contributed by atoms with Gasteiger partial charge in [0, 0.05) is 23.8 Å². The van der Waals surface area contributed by atoms with Gasteiger partial charge in [0.15, 0.2) is 34.5 Å². The summed E-state index contributed by atoms with van der Waals surface area (Å²) >= 11 is 0. The molecule has 0 saturated heterocycles. The fourth-order valence-corrected chi connectivity index (χ4v) is 4.34. The fraction of sp³-hybridized carbons (Fsp3) is 0.176. The van der Waals surface area contributed by atoms with E-state index in [0.717, 1.165) is 35.4 Å². The number of carbonyl (C=O) groups is 1. The molecule has 12 nitrogen and oxygen atoms in total. The normalized spacial score (nSPS) is 12.1. The van der Waals surface area contributed by atoms with Gasteiger partial charge in [0.2, 0.25) is 11.2 Å². The topological polar surface area (TPSA) is 207 Å². The molecule has 46 heavy (non-hydrogen) atoms. The number of phenols is 7. The molecule has 0 aliphatic heterocycles. The molecule has 4 rings (SSSR count). The van der Waals surface area contributed by atoms with Gasteiger partial charge in [0.25, 0.3) is 0 Å². The monoisotopic (exact) mass is 632 g/mol. The van der Waals surface area contributed by atoms with Crippen molar-refractivity contribution < 1.29 is 54.4 Å². The van der Waals surface area contributed by atoms with Crippen LogP contribution in [0.2, 0.25) is 0 Å². The largest absolute Gasteiger partial charge is 0.508 e. The number of ether oxygens (including phenoxy) is 2. The molecule has 0 aliphatic carbocycles. The number of hydrogen-bond acceptors (Lipinski definition) is 12. The Labute approximate surface area is 262 Å². The number of rotatable bonds is 11. The van der Waals surface area contributed by atoms with Crippen molar-refractivity contribution in [3.05, 3.63) is 87.6 Å². The summed E-state index contributed by atoms with van der Waals surface area (Å²) in [5.41, 5.74) is 1.25. The van der Waals surface area contributed by atoms with Crippen LogP contribution in [0.25, 0.3) is 28.4 Å². The molecule has 4 aromatic rings. The summed E-state index contributed by atoms with van der Waals surface area (Å²) in [6, 6.07) is 8.36. The van der Waals surface area contributed by atoms with Crippen LogP contribution < -0.4 is 10.2 Å². The lowest BCUT2D eigenvalue weighted by atomic mass is 10.1. The van der Waals surface area contributed by atoms with Gasteiger partial charge in [-0.1, -0.05) is 17.7 Å². The van der Waals surface area contributed by atoms with Gasteiger partial charge in [-0.05, 0) is 74.2 Å². The Balaban J connectivity index is 1.40. The van der Waals surface area contributed by atoms with Gasteiger partial charge in [-0.25, -0.2) is 4.79 Å². The first-order valence-corrected chi connectivity index (χ1v) is 13.9. The molecular weight excluding hydrogens is 600 g/mol. The van der Waals surface area contributed by atoms with Gasteiger partial charge >= 0.3 is 5.97 Å². The maximum atomic E-state index is 13.4. The van der Waals surface area contributed by atoms with Crippen LogP contribution in [0.3, 0.4) is 0 Å². The molecule has 0 saturated carbocycles. The first-order chi connectivity index (χ1) is 21.8. The van der Waals surface area contributed by atoms with Gasteiger partial charge in [0.05, 0.1) is 0 Å². The molecule has 0 aliphatic rings. The Bertz CT molecular complexity index is 1910. The highest BCUT2D eigenvalue weighted by Crippen LogP contribution is 2.42. The summed E-state index contributed by atoms with van der Waals surface area (Å²) in [7, 11) is 0. The van der Waals surface area contributed by atoms with Crippen LogP contribution in [-0.4, -0.2) is 54.9 Å². The highest BCUT2D eigenvalue weighted by atomic mass is 16.5. The van der Waals surface area contributed by atoms with Crippen LogP contribution in [0.4, 0.5) is 0 Å². The SMILES string of the molecule is C/C(=C\COC(=O)/C=C/c1ccc(O)c(O)c1)CC/C=C(\C)COc1c(-c2cc(O)c(O)c(O)c2)oc2cc(O)cc(O)c2c1=O. The molecule has 3 aromatic carbocycles. The second kappa shape index (κ2) is 14.2. The number of aromatic hydroxyl groups is 7. The molecule has 0 unspecified atom stereocenters. The van der Waals surface area contributed by atoms with E-state index >= 15 is 0 Å². The van der Waals surface area contributed by atoms with Crippen molar-refractivity contribution in [1.29, 1.82) is 0 Å². The number of hydrogen-bond donors (Lipinski definition) is 7. The quantitative estimate of drug-likeness (QED) is 0.0459. The number of phenolic OH excluding ortho intramolecular Hbond substituents is 7. The molecule has 0 radical (unpaired) electrons. The van der Waals surface area contributed by atoms with E-state index in [9.17, 15) is 45.3 Å². The van der Waals surface area contributed by atoms with Crippen molar-refractivity contribution in [2.24, 2.45) is 0 Å². The van der Waals surface area contributed by atoms with Crippen molar-refractivity contribution in [2.75, 3.05) is 13.2 Å². The lowest BCUT2D eigenvalue weighted by Crippen LogP contribution is -2.12. The Hall–Kier alpha value is -6.04. The third kappa shape index (κ3) is 7.91. The van der Waals surface area contributed by atoms with Crippen LogP contribution in [0.5, 0.6) is 46.0 Å². The van der Waals surface area contributed by atoms with Crippen molar-refractivity contribution in [1.82, 2.24) is 0 Å². The molecule has 240 valence electrons. The molecule has 0 amide bonds. The molecular formula is C34H32O12. The van der Waals surface area contributed by atoms with E-state index in [-0.39, 0.29) is 58.5 Å². The predicted octanol–water partition coefficient (Wildman–Crippen LogP) is 5.71. The molecule has 0 fully saturated rings. The van der Waals surface area contributed by atoms with E-state index in [0.29, 0.717) is 18.4 Å². The van der Waals surface area contributed by atoms with E-state index in [1.165, 1.54) is 30.4 Å². The minimum absolute atomic E-state index is 0.0112. The Morgan fingerprint density at radius 3 is 2.24 bits per heavy atom. The number of benzene rings is 3. The molecule has 0 atom stereocenters. The molecule has 0 spiro atoms. The van der Waals surface area contributed by atoms with Gasteiger partial charge in [-0.3, -0.25) is 4.79 Å². The summed E-state index contributed by atoms with van der Waals surface area (Å²) in [5, 5.41) is 68.6. The highest BCUT2D eigenvalue weighted by molar-refractivity contribution is 5.89. The van der Waals surface area contributed by atoms with E-state index in [2.05, 4.69) is 0 Å². The zero-order valence-corrected chi connectivity index (χ0v) is 24.9. The van der Waals surface area contributed by atoms with E-state index in [1.807, 2.05) is 13.0 Å². The zero-order valence-electron chi connectivity index (χ0n) is 24.9. The van der Waals surface area contributed by atoms with E-state index in [1.54, 1.807) is 13.0 Å². The summed E-state index contributed by atoms with van der Waals surface area (Å²) in [6.07, 6.45) is 7.52. The van der Waals surface area contributed by atoms with Crippen molar-refractivity contribution >= 4 is 23.0 Å². The summed E-state index contributed by atoms with van der Waals surface area (Å²) < 4.78 is 16.8. The number of fused-ring (bicyclic) bond motifs is 1. The van der Waals surface area contributed by atoms with Gasteiger partial charge < -0.3 is 49.6 Å². The lowest BCUT2D eigenvalue weighted by molar-refractivity contribution is -0.136. The molecule has 1 heterocycles. The lowest BCUT2D eigenvalue weighted by Gasteiger charge is -2.14. The van der Waals surface area contributed by atoms with Crippen molar-refractivity contribution in [3.63, 3.8) is 0 Å². The highest BCUT2D eigenvalue weighted by Gasteiger charge is 2.23. The van der Waals surface area contributed by atoms with Crippen LogP contribution in [-0.2, 0) is 9.53 Å². The average Bonchev–Trinajstić information content (AvgIpc) is 2.99. The van der Waals surface area contributed by atoms with Gasteiger partial charge in [-0.15, -0.1) is 0 Å².